The van der Waals surface area contributed by atoms with E-state index in [-0.39, 0.29) is 17.7 Å². The Morgan fingerprint density at radius 1 is 1.27 bits per heavy atom. The van der Waals surface area contributed by atoms with Crippen molar-refractivity contribution in [2.75, 3.05) is 20.0 Å². The minimum absolute atomic E-state index is 0.0886. The van der Waals surface area contributed by atoms with Crippen LogP contribution >= 0.6 is 23.1 Å². The molecule has 3 heterocycles. The second-order valence-corrected chi connectivity index (χ2v) is 8.50. The summed E-state index contributed by atoms with van der Waals surface area (Å²) in [6.45, 7) is 0. The van der Waals surface area contributed by atoms with Crippen molar-refractivity contribution in [3.05, 3.63) is 52.5 Å². The standard InChI is InChI=1S/C20H21N5O3S2/c1-24-12-21-22-20(24)30-11-19(26)25-15(10-14(23-25)18-5-4-8-29-18)13-6-7-16(27-2)17(9-13)28-3/h4-9,12,15H,10-11H2,1-3H3/t15-/m0/s1. The first-order valence-corrected chi connectivity index (χ1v) is 11.1. The molecule has 8 nitrogen and oxygen atoms in total. The quantitative estimate of drug-likeness (QED) is 0.521. The first-order valence-electron chi connectivity index (χ1n) is 9.23. The highest BCUT2D eigenvalue weighted by Crippen LogP contribution is 2.38. The number of methoxy groups -OCH3 is 2. The highest BCUT2D eigenvalue weighted by Gasteiger charge is 2.34. The molecule has 0 bridgehead atoms. The van der Waals surface area contributed by atoms with Crippen molar-refractivity contribution in [1.29, 1.82) is 0 Å². The summed E-state index contributed by atoms with van der Waals surface area (Å²) in [5, 5.41) is 16.9. The predicted octanol–water partition coefficient (Wildman–Crippen LogP) is 3.36. The molecule has 1 atom stereocenters. The molecular formula is C20H21N5O3S2. The van der Waals surface area contributed by atoms with Gasteiger partial charge in [-0.15, -0.1) is 21.5 Å². The van der Waals surface area contributed by atoms with E-state index in [1.807, 2.05) is 42.8 Å². The SMILES string of the molecule is COc1ccc([C@@H]2CC(c3cccs3)=NN2C(=O)CSc2nncn2C)cc1OC. The van der Waals surface area contributed by atoms with Crippen molar-refractivity contribution in [3.8, 4) is 11.5 Å². The number of carbonyl (C=O) groups excluding carboxylic acids is 1. The van der Waals surface area contributed by atoms with E-state index < -0.39 is 0 Å². The van der Waals surface area contributed by atoms with Crippen molar-refractivity contribution in [1.82, 2.24) is 19.8 Å². The van der Waals surface area contributed by atoms with Crippen molar-refractivity contribution in [2.45, 2.75) is 17.6 Å². The first-order chi connectivity index (χ1) is 14.6. The maximum absolute atomic E-state index is 13.1. The molecule has 2 aromatic heterocycles. The zero-order chi connectivity index (χ0) is 21.1. The summed E-state index contributed by atoms with van der Waals surface area (Å²) < 4.78 is 12.6. The lowest BCUT2D eigenvalue weighted by Crippen LogP contribution is -2.28. The summed E-state index contributed by atoms with van der Waals surface area (Å²) >= 11 is 2.96. The summed E-state index contributed by atoms with van der Waals surface area (Å²) in [4.78, 5) is 14.2. The lowest BCUT2D eigenvalue weighted by atomic mass is 10.0. The number of carbonyl (C=O) groups is 1. The topological polar surface area (TPSA) is 81.8 Å². The number of aryl methyl sites for hydroxylation is 1. The zero-order valence-corrected chi connectivity index (χ0v) is 18.4. The van der Waals surface area contributed by atoms with Gasteiger partial charge in [-0.25, -0.2) is 5.01 Å². The number of ether oxygens (including phenoxy) is 2. The Balaban J connectivity index is 1.61. The van der Waals surface area contributed by atoms with Gasteiger partial charge in [-0.3, -0.25) is 4.79 Å². The van der Waals surface area contributed by atoms with E-state index in [2.05, 4.69) is 10.2 Å². The Morgan fingerprint density at radius 3 is 2.77 bits per heavy atom. The Hall–Kier alpha value is -2.85. The number of hydrogen-bond acceptors (Lipinski definition) is 8. The fourth-order valence-corrected chi connectivity index (χ4v) is 4.71. The van der Waals surface area contributed by atoms with E-state index in [1.54, 1.807) is 41.5 Å². The third-order valence-electron chi connectivity index (χ3n) is 4.76. The molecule has 1 aliphatic rings. The maximum Gasteiger partial charge on any atom is 0.253 e. The number of rotatable bonds is 7. The van der Waals surface area contributed by atoms with Gasteiger partial charge in [-0.1, -0.05) is 23.9 Å². The third-order valence-corrected chi connectivity index (χ3v) is 6.70. The van der Waals surface area contributed by atoms with E-state index in [9.17, 15) is 4.79 Å². The summed E-state index contributed by atoms with van der Waals surface area (Å²) in [6.07, 6.45) is 2.25. The first kappa shape index (κ1) is 20.4. The summed E-state index contributed by atoms with van der Waals surface area (Å²) in [5.74, 6) is 1.40. The summed E-state index contributed by atoms with van der Waals surface area (Å²) in [7, 11) is 5.05. The van der Waals surface area contributed by atoms with Crippen LogP contribution in [0.15, 0.2) is 52.3 Å². The maximum atomic E-state index is 13.1. The van der Waals surface area contributed by atoms with Crippen LogP contribution in [-0.4, -0.2) is 51.4 Å². The van der Waals surface area contributed by atoms with E-state index in [1.165, 1.54) is 11.8 Å². The molecule has 0 aliphatic carbocycles. The van der Waals surface area contributed by atoms with Gasteiger partial charge in [0.2, 0.25) is 0 Å². The van der Waals surface area contributed by atoms with Crippen LogP contribution in [0.4, 0.5) is 0 Å². The van der Waals surface area contributed by atoms with Crippen LogP contribution < -0.4 is 9.47 Å². The molecule has 0 spiro atoms. The second kappa shape index (κ2) is 8.88. The average Bonchev–Trinajstić information content (AvgIpc) is 3.52. The van der Waals surface area contributed by atoms with Crippen molar-refractivity contribution < 1.29 is 14.3 Å². The minimum atomic E-state index is -0.213. The van der Waals surface area contributed by atoms with Gasteiger partial charge in [-0.2, -0.15) is 5.10 Å². The van der Waals surface area contributed by atoms with Crippen molar-refractivity contribution in [2.24, 2.45) is 12.1 Å². The third kappa shape index (κ3) is 4.05. The van der Waals surface area contributed by atoms with Gasteiger partial charge >= 0.3 is 0 Å². The molecule has 10 heteroatoms. The number of hydrogen-bond donors (Lipinski definition) is 0. The number of amides is 1. The van der Waals surface area contributed by atoms with Gasteiger partial charge in [0, 0.05) is 13.5 Å². The Morgan fingerprint density at radius 2 is 2.10 bits per heavy atom. The van der Waals surface area contributed by atoms with Gasteiger partial charge in [0.15, 0.2) is 16.7 Å². The Labute approximate surface area is 182 Å². The van der Waals surface area contributed by atoms with Crippen LogP contribution in [0, 0.1) is 0 Å². The number of thioether (sulfide) groups is 1. The number of benzene rings is 1. The zero-order valence-electron chi connectivity index (χ0n) is 16.8. The van der Waals surface area contributed by atoms with Crippen LogP contribution in [0.5, 0.6) is 11.5 Å². The molecule has 1 amide bonds. The molecule has 0 fully saturated rings. The highest BCUT2D eigenvalue weighted by molar-refractivity contribution is 7.99. The van der Waals surface area contributed by atoms with Gasteiger partial charge in [0.25, 0.3) is 5.91 Å². The molecule has 0 radical (unpaired) electrons. The molecule has 1 aromatic carbocycles. The largest absolute Gasteiger partial charge is 0.493 e. The van der Waals surface area contributed by atoms with Crippen molar-refractivity contribution in [3.63, 3.8) is 0 Å². The Kier molecular flexibility index (Phi) is 6.05. The van der Waals surface area contributed by atoms with Crippen LogP contribution in [0.25, 0.3) is 0 Å². The van der Waals surface area contributed by atoms with Crippen LogP contribution in [0.2, 0.25) is 0 Å². The van der Waals surface area contributed by atoms with Gasteiger partial charge in [-0.05, 0) is 29.1 Å². The molecule has 0 N–H and O–H groups in total. The fourth-order valence-electron chi connectivity index (χ4n) is 3.25. The Bertz CT molecular complexity index is 1060. The van der Waals surface area contributed by atoms with Crippen molar-refractivity contribution >= 4 is 34.7 Å². The highest BCUT2D eigenvalue weighted by atomic mass is 32.2. The van der Waals surface area contributed by atoms with E-state index in [0.717, 1.165) is 16.2 Å². The fraction of sp³-hybridized carbons (Fsp3) is 0.300. The van der Waals surface area contributed by atoms with E-state index in [4.69, 9.17) is 14.6 Å². The molecule has 0 saturated heterocycles. The predicted molar refractivity (Wildman–Crippen MR) is 116 cm³/mol. The molecule has 30 heavy (non-hydrogen) atoms. The van der Waals surface area contributed by atoms with Gasteiger partial charge in [0.05, 0.1) is 36.6 Å². The van der Waals surface area contributed by atoms with Gasteiger partial charge < -0.3 is 14.0 Å². The minimum Gasteiger partial charge on any atom is -0.493 e. The van der Waals surface area contributed by atoms with Crippen LogP contribution in [-0.2, 0) is 11.8 Å². The van der Waals surface area contributed by atoms with E-state index >= 15 is 0 Å². The molecule has 1 aliphatic heterocycles. The lowest BCUT2D eigenvalue weighted by molar-refractivity contribution is -0.130. The molecule has 156 valence electrons. The summed E-state index contributed by atoms with van der Waals surface area (Å²) in [5.41, 5.74) is 1.85. The monoisotopic (exact) mass is 443 g/mol. The second-order valence-electron chi connectivity index (χ2n) is 6.61. The van der Waals surface area contributed by atoms with Crippen LogP contribution in [0.3, 0.4) is 0 Å². The average molecular weight is 444 g/mol. The number of aromatic nitrogens is 3. The van der Waals surface area contributed by atoms with Crippen LogP contribution in [0.1, 0.15) is 22.9 Å². The van der Waals surface area contributed by atoms with Gasteiger partial charge in [0.1, 0.15) is 6.33 Å². The normalized spacial score (nSPS) is 15.9. The molecule has 3 aromatic rings. The molecular weight excluding hydrogens is 422 g/mol. The molecule has 4 rings (SSSR count). The smallest absolute Gasteiger partial charge is 0.253 e. The lowest BCUT2D eigenvalue weighted by Gasteiger charge is -2.22. The number of thiophene rings is 1. The number of nitrogens with zero attached hydrogens (tertiary/aromatic N) is 5. The number of hydrazone groups is 1. The summed E-state index contributed by atoms with van der Waals surface area (Å²) in [6, 6.07) is 9.52. The molecule has 0 saturated carbocycles. The molecule has 0 unspecified atom stereocenters. The van der Waals surface area contributed by atoms with E-state index in [0.29, 0.717) is 23.1 Å².